The first-order valence-electron chi connectivity index (χ1n) is 9.22. The lowest BCUT2D eigenvalue weighted by Crippen LogP contribution is -2.33. The molecule has 1 aliphatic heterocycles. The average molecular weight is 430 g/mol. The largest absolute Gasteiger partial charge is 0.377 e. The molecule has 2 aromatic rings. The van der Waals surface area contributed by atoms with E-state index in [4.69, 9.17) is 15.8 Å². The van der Waals surface area contributed by atoms with Crippen molar-refractivity contribution in [3.63, 3.8) is 0 Å². The number of carbonyl (C=O) groups is 2. The van der Waals surface area contributed by atoms with Gasteiger partial charge in [-0.15, -0.1) is 0 Å². The van der Waals surface area contributed by atoms with Crippen LogP contribution in [-0.4, -0.2) is 20.2 Å². The van der Waals surface area contributed by atoms with E-state index >= 15 is 0 Å². The number of benzene rings is 2. The van der Waals surface area contributed by atoms with Gasteiger partial charge in [-0.3, -0.25) is 9.59 Å². The normalized spacial score (nSPS) is 27.6. The fourth-order valence-corrected chi connectivity index (χ4v) is 5.69. The molecule has 0 radical (unpaired) electrons. The van der Waals surface area contributed by atoms with Crippen LogP contribution in [0.2, 0.25) is 5.02 Å². The quantitative estimate of drug-likeness (QED) is 0.422. The minimum Gasteiger partial charge on any atom is -0.377 e. The van der Waals surface area contributed by atoms with Gasteiger partial charge in [0.25, 0.3) is 0 Å². The lowest BCUT2D eigenvalue weighted by molar-refractivity contribution is -0.123. The summed E-state index contributed by atoms with van der Waals surface area (Å²) in [6, 6.07) is 11.7. The molecule has 1 saturated carbocycles. The minimum absolute atomic E-state index is 0.0653. The summed E-state index contributed by atoms with van der Waals surface area (Å²) in [4.78, 5) is 27.1. The van der Waals surface area contributed by atoms with Gasteiger partial charge in [-0.2, -0.15) is 8.42 Å². The minimum atomic E-state index is -4.17. The monoisotopic (exact) mass is 429 g/mol. The van der Waals surface area contributed by atoms with Gasteiger partial charge in [-0.05, 0) is 54.7 Å². The maximum absolute atomic E-state index is 13.1. The molecule has 1 saturated heterocycles. The number of halogens is 1. The number of para-hydroxylation sites is 2. The van der Waals surface area contributed by atoms with Gasteiger partial charge in [-0.25, -0.2) is 4.90 Å². The number of imide groups is 1. The van der Waals surface area contributed by atoms with Crippen LogP contribution in [0.4, 0.5) is 5.69 Å². The topological polar surface area (TPSA) is 80.8 Å². The van der Waals surface area contributed by atoms with Gasteiger partial charge in [0.2, 0.25) is 11.8 Å². The molecule has 148 valence electrons. The molecule has 3 aliphatic rings. The summed E-state index contributed by atoms with van der Waals surface area (Å²) in [6.45, 7) is 0. The lowest BCUT2D eigenvalue weighted by atomic mass is 9.85. The number of fused-ring (bicyclic) bond motifs is 5. The Kier molecular flexibility index (Phi) is 4.08. The summed E-state index contributed by atoms with van der Waals surface area (Å²) >= 11 is 5.82. The van der Waals surface area contributed by atoms with Crippen molar-refractivity contribution in [2.45, 2.75) is 11.3 Å². The predicted octanol–water partition coefficient (Wildman–Crippen LogP) is 3.42. The van der Waals surface area contributed by atoms with Gasteiger partial charge in [0.05, 0.1) is 17.5 Å². The van der Waals surface area contributed by atoms with Crippen LogP contribution in [0.3, 0.4) is 0 Å². The van der Waals surface area contributed by atoms with Crippen LogP contribution < -0.4 is 9.08 Å². The first-order chi connectivity index (χ1) is 13.9. The number of amides is 2. The molecule has 2 aromatic carbocycles. The maximum atomic E-state index is 13.1. The fraction of sp³-hybridized carbons (Fsp3) is 0.238. The summed E-state index contributed by atoms with van der Waals surface area (Å²) in [5, 5.41) is 0.396. The number of hydrogen-bond acceptors (Lipinski definition) is 5. The summed E-state index contributed by atoms with van der Waals surface area (Å²) in [7, 11) is -4.17. The second-order valence-electron chi connectivity index (χ2n) is 7.47. The van der Waals surface area contributed by atoms with E-state index in [1.807, 2.05) is 12.2 Å². The van der Waals surface area contributed by atoms with E-state index in [1.165, 1.54) is 36.4 Å². The second kappa shape index (κ2) is 6.43. The van der Waals surface area contributed by atoms with E-state index in [1.54, 1.807) is 12.1 Å². The third-order valence-corrected chi connectivity index (χ3v) is 7.38. The van der Waals surface area contributed by atoms with Gasteiger partial charge >= 0.3 is 10.1 Å². The molecule has 2 fully saturated rings. The van der Waals surface area contributed by atoms with Crippen molar-refractivity contribution in [3.05, 3.63) is 65.7 Å². The molecule has 2 bridgehead atoms. The van der Waals surface area contributed by atoms with Crippen molar-refractivity contribution >= 4 is 39.2 Å². The number of anilines is 1. The lowest BCUT2D eigenvalue weighted by Gasteiger charge is -2.20. The molecule has 6 nitrogen and oxygen atoms in total. The highest BCUT2D eigenvalue weighted by atomic mass is 35.5. The standard InChI is InChI=1S/C21H16ClNO5S/c22-14-7-9-15(10-8-14)29(26,27)28-17-4-2-1-3-16(17)23-20(24)18-12-5-6-13(11-12)19(18)21(23)25/h1-10,12-13,18-19H,11H2/t12-,13+,18+,19-. The summed E-state index contributed by atoms with van der Waals surface area (Å²) in [5.74, 6) is -1.27. The van der Waals surface area contributed by atoms with Gasteiger partial charge in [0, 0.05) is 5.02 Å². The molecular formula is C21H16ClNO5S. The molecule has 1 heterocycles. The van der Waals surface area contributed by atoms with Crippen LogP contribution in [0.5, 0.6) is 5.75 Å². The van der Waals surface area contributed by atoms with Crippen LogP contribution >= 0.6 is 11.6 Å². The van der Waals surface area contributed by atoms with Crippen molar-refractivity contribution in [1.82, 2.24) is 0 Å². The third-order valence-electron chi connectivity index (χ3n) is 5.88. The van der Waals surface area contributed by atoms with E-state index in [0.29, 0.717) is 5.02 Å². The van der Waals surface area contributed by atoms with E-state index in [0.717, 1.165) is 11.3 Å². The van der Waals surface area contributed by atoms with Crippen LogP contribution in [0.25, 0.3) is 0 Å². The number of nitrogens with zero attached hydrogens (tertiary/aromatic N) is 1. The number of rotatable bonds is 4. The molecule has 0 spiro atoms. The summed E-state index contributed by atoms with van der Waals surface area (Å²) < 4.78 is 30.7. The molecule has 0 unspecified atom stereocenters. The summed E-state index contributed by atoms with van der Waals surface area (Å²) in [6.07, 6.45) is 4.84. The summed E-state index contributed by atoms with van der Waals surface area (Å²) in [5.41, 5.74) is 0.147. The molecule has 8 heteroatoms. The first-order valence-corrected chi connectivity index (χ1v) is 11.0. The maximum Gasteiger partial charge on any atom is 0.339 e. The van der Waals surface area contributed by atoms with Crippen molar-refractivity contribution in [1.29, 1.82) is 0 Å². The fourth-order valence-electron chi connectivity index (χ4n) is 4.62. The van der Waals surface area contributed by atoms with Gasteiger partial charge in [-0.1, -0.05) is 35.9 Å². The Morgan fingerprint density at radius 2 is 1.48 bits per heavy atom. The SMILES string of the molecule is O=C1[C@@H]2[C@H](C(=O)N1c1ccccc1OS(=O)(=O)c1ccc(Cl)cc1)[C@H]1C=C[C@@H]2C1. The number of hydrogen-bond donors (Lipinski definition) is 0. The number of carbonyl (C=O) groups excluding carboxylic acids is 2. The molecule has 5 rings (SSSR count). The Labute approximate surface area is 172 Å². The highest BCUT2D eigenvalue weighted by Crippen LogP contribution is 2.54. The highest BCUT2D eigenvalue weighted by Gasteiger charge is 2.60. The van der Waals surface area contributed by atoms with Gasteiger partial charge in [0.1, 0.15) is 4.90 Å². The number of allylic oxidation sites excluding steroid dienone is 2. The van der Waals surface area contributed by atoms with Crippen LogP contribution in [0.15, 0.2) is 65.6 Å². The van der Waals surface area contributed by atoms with E-state index in [-0.39, 0.29) is 51.8 Å². The van der Waals surface area contributed by atoms with Crippen molar-refractivity contribution < 1.29 is 22.2 Å². The third kappa shape index (κ3) is 2.80. The Hall–Kier alpha value is -2.64. The van der Waals surface area contributed by atoms with Crippen molar-refractivity contribution in [2.24, 2.45) is 23.7 Å². The molecule has 2 amide bonds. The van der Waals surface area contributed by atoms with Crippen LogP contribution in [0.1, 0.15) is 6.42 Å². The zero-order valence-electron chi connectivity index (χ0n) is 15.1. The molecule has 0 N–H and O–H groups in total. The Bertz CT molecular complexity index is 1130. The van der Waals surface area contributed by atoms with Crippen molar-refractivity contribution in [2.75, 3.05) is 4.90 Å². The van der Waals surface area contributed by atoms with Crippen molar-refractivity contribution in [3.8, 4) is 5.75 Å². The second-order valence-corrected chi connectivity index (χ2v) is 9.45. The van der Waals surface area contributed by atoms with E-state index in [9.17, 15) is 18.0 Å². The molecule has 2 aliphatic carbocycles. The first kappa shape index (κ1) is 18.4. The zero-order chi connectivity index (χ0) is 20.3. The smallest absolute Gasteiger partial charge is 0.339 e. The molecule has 0 aromatic heterocycles. The van der Waals surface area contributed by atoms with Crippen LogP contribution in [0, 0.1) is 23.7 Å². The highest BCUT2D eigenvalue weighted by molar-refractivity contribution is 7.87. The van der Waals surface area contributed by atoms with Gasteiger partial charge < -0.3 is 4.18 Å². The Morgan fingerprint density at radius 3 is 2.10 bits per heavy atom. The molecule has 4 atom stereocenters. The average Bonchev–Trinajstić information content (AvgIpc) is 3.37. The molecule has 29 heavy (non-hydrogen) atoms. The van der Waals surface area contributed by atoms with Gasteiger partial charge in [0.15, 0.2) is 5.75 Å². The Balaban J connectivity index is 1.50. The molecular weight excluding hydrogens is 414 g/mol. The van der Waals surface area contributed by atoms with Crippen LogP contribution in [-0.2, 0) is 19.7 Å². The van der Waals surface area contributed by atoms with E-state index in [2.05, 4.69) is 0 Å². The van der Waals surface area contributed by atoms with E-state index < -0.39 is 10.1 Å². The zero-order valence-corrected chi connectivity index (χ0v) is 16.6. The predicted molar refractivity (Wildman–Crippen MR) is 106 cm³/mol. The Morgan fingerprint density at radius 1 is 0.897 bits per heavy atom.